The minimum absolute atomic E-state index is 0.0496. The van der Waals surface area contributed by atoms with Crippen LogP contribution in [0.25, 0.3) is 22.0 Å². The van der Waals surface area contributed by atoms with Crippen LogP contribution in [0.2, 0.25) is 0 Å². The third-order valence-electron chi connectivity index (χ3n) is 7.06. The van der Waals surface area contributed by atoms with E-state index in [1.807, 2.05) is 31.2 Å². The van der Waals surface area contributed by atoms with E-state index in [4.69, 9.17) is 28.5 Å². The van der Waals surface area contributed by atoms with Crippen LogP contribution in [0.1, 0.15) is 30.7 Å². The number of aromatic nitrogens is 2. The summed E-state index contributed by atoms with van der Waals surface area (Å²) in [7, 11) is 0. The van der Waals surface area contributed by atoms with Crippen molar-refractivity contribution < 1.29 is 33.3 Å². The first-order chi connectivity index (χ1) is 20.6. The third-order valence-corrected chi connectivity index (χ3v) is 7.06. The van der Waals surface area contributed by atoms with E-state index < -0.39 is 18.1 Å². The monoisotopic (exact) mass is 577 g/mol. The van der Waals surface area contributed by atoms with Gasteiger partial charge in [-0.05, 0) is 43.7 Å². The maximum Gasteiger partial charge on any atom is 0.286 e. The number of fused-ring (bicyclic) bond motifs is 2. The number of carbonyl (C=O) groups excluding carboxylic acids is 1. The number of H-pyrrole nitrogens is 1. The normalized spacial score (nSPS) is 18.6. The lowest BCUT2D eigenvalue weighted by atomic mass is 9.81. The van der Waals surface area contributed by atoms with Crippen LogP contribution < -0.4 is 10.7 Å². The van der Waals surface area contributed by atoms with Gasteiger partial charge in [0.05, 0.1) is 55.7 Å². The van der Waals surface area contributed by atoms with Crippen molar-refractivity contribution in [2.45, 2.75) is 32.1 Å². The molecular formula is C31H35N3O8. The number of ether oxygens (including phenoxy) is 4. The fourth-order valence-corrected chi connectivity index (χ4v) is 5.06. The first-order valence-corrected chi connectivity index (χ1v) is 14.1. The Bertz CT molecular complexity index is 1550. The second-order valence-corrected chi connectivity index (χ2v) is 9.80. The number of aliphatic hydroxyl groups is 1. The summed E-state index contributed by atoms with van der Waals surface area (Å²) in [5, 5.41) is 12.2. The number of nitrogens with one attached hydrogen (secondary N) is 2. The number of para-hydroxylation sites is 3. The molecule has 5 rings (SSSR count). The quantitative estimate of drug-likeness (QED) is 0.192. The highest BCUT2D eigenvalue weighted by Crippen LogP contribution is 2.38. The predicted octanol–water partition coefficient (Wildman–Crippen LogP) is 3.38. The van der Waals surface area contributed by atoms with Crippen molar-refractivity contribution in [2.75, 3.05) is 39.6 Å². The molecule has 3 atom stereocenters. The van der Waals surface area contributed by atoms with E-state index in [1.165, 1.54) is 6.26 Å². The van der Waals surface area contributed by atoms with E-state index in [9.17, 15) is 9.59 Å². The number of carbonyl (C=O) groups is 1. The lowest BCUT2D eigenvalue weighted by Crippen LogP contribution is -2.40. The average molecular weight is 578 g/mol. The Hall–Kier alpha value is -4.03. The molecule has 1 aliphatic rings. The SMILES string of the molecule is CCO[C@@H]1OC(C(=O)NCc2nc3ccccc3[nH]2)=C[C@H](c2coc3ccccc3c2=O)[C@H]1CCOCCOCCO. The molecule has 0 radical (unpaired) electrons. The van der Waals surface area contributed by atoms with Gasteiger partial charge in [-0.1, -0.05) is 24.3 Å². The summed E-state index contributed by atoms with van der Waals surface area (Å²) in [6.45, 7) is 3.58. The van der Waals surface area contributed by atoms with Crippen LogP contribution in [0.4, 0.5) is 0 Å². The van der Waals surface area contributed by atoms with Crippen LogP contribution in [0.15, 0.2) is 75.8 Å². The Kier molecular flexibility index (Phi) is 9.98. The van der Waals surface area contributed by atoms with Gasteiger partial charge in [0, 0.05) is 30.6 Å². The summed E-state index contributed by atoms with van der Waals surface area (Å²) in [4.78, 5) is 34.7. The molecule has 11 heteroatoms. The number of allylic oxidation sites excluding steroid dienone is 1. The molecule has 0 unspecified atom stereocenters. The number of nitrogens with zero attached hydrogens (tertiary/aromatic N) is 1. The molecule has 0 spiro atoms. The van der Waals surface area contributed by atoms with Crippen LogP contribution in [0.5, 0.6) is 0 Å². The molecule has 2 aromatic carbocycles. The number of amides is 1. The van der Waals surface area contributed by atoms with Gasteiger partial charge in [-0.3, -0.25) is 9.59 Å². The van der Waals surface area contributed by atoms with Gasteiger partial charge in [-0.15, -0.1) is 0 Å². The van der Waals surface area contributed by atoms with Crippen LogP contribution in [0, 0.1) is 5.92 Å². The number of rotatable bonds is 14. The zero-order chi connectivity index (χ0) is 29.3. The molecule has 0 aliphatic carbocycles. The van der Waals surface area contributed by atoms with E-state index in [0.29, 0.717) is 55.2 Å². The number of benzene rings is 2. The molecule has 42 heavy (non-hydrogen) atoms. The standard InChI is InChI=1S/C31H35N3O8/c1-2-40-31-20(11-13-38-15-16-39-14-12-35)22(23-19-41-26-10-6-3-7-21(26)29(23)36)17-27(42-31)30(37)32-18-28-33-24-8-4-5-9-25(24)34-28/h3-10,17,19-20,22,31,35H,2,11-16,18H2,1H3,(H,32,37)(H,33,34)/t20-,22+,31-/m1/s1. The van der Waals surface area contributed by atoms with Gasteiger partial charge < -0.3 is 38.8 Å². The maximum atomic E-state index is 13.6. The van der Waals surface area contributed by atoms with Crippen LogP contribution in [-0.4, -0.2) is 66.9 Å². The van der Waals surface area contributed by atoms with Crippen LogP contribution >= 0.6 is 0 Å². The lowest BCUT2D eigenvalue weighted by molar-refractivity contribution is -0.168. The highest BCUT2D eigenvalue weighted by atomic mass is 16.7. The fourth-order valence-electron chi connectivity index (χ4n) is 5.06. The van der Waals surface area contributed by atoms with Gasteiger partial charge >= 0.3 is 0 Å². The molecular weight excluding hydrogens is 542 g/mol. The van der Waals surface area contributed by atoms with E-state index in [2.05, 4.69) is 15.3 Å². The summed E-state index contributed by atoms with van der Waals surface area (Å²) >= 11 is 0. The van der Waals surface area contributed by atoms with Gasteiger partial charge in [-0.25, -0.2) is 4.98 Å². The molecule has 11 nitrogen and oxygen atoms in total. The molecule has 1 aliphatic heterocycles. The minimum Gasteiger partial charge on any atom is -0.464 e. The van der Waals surface area contributed by atoms with E-state index in [1.54, 1.807) is 30.3 Å². The summed E-state index contributed by atoms with van der Waals surface area (Å²) in [6.07, 6.45) is 2.80. The Morgan fingerprint density at radius 3 is 2.67 bits per heavy atom. The zero-order valence-electron chi connectivity index (χ0n) is 23.4. The second-order valence-electron chi connectivity index (χ2n) is 9.80. The molecule has 4 aromatic rings. The first kappa shape index (κ1) is 29.5. The molecule has 3 N–H and O–H groups in total. The van der Waals surface area contributed by atoms with Crippen molar-refractivity contribution in [3.63, 3.8) is 0 Å². The summed E-state index contributed by atoms with van der Waals surface area (Å²) in [5.74, 6) is -0.688. The smallest absolute Gasteiger partial charge is 0.286 e. The zero-order valence-corrected chi connectivity index (χ0v) is 23.4. The number of imidazole rings is 1. The number of aliphatic hydroxyl groups excluding tert-OH is 1. The first-order valence-electron chi connectivity index (χ1n) is 14.1. The molecule has 222 valence electrons. The number of aromatic amines is 1. The number of hydrogen-bond acceptors (Lipinski definition) is 9. The van der Waals surface area contributed by atoms with Crippen molar-refractivity contribution in [1.82, 2.24) is 15.3 Å². The highest BCUT2D eigenvalue weighted by Gasteiger charge is 2.39. The van der Waals surface area contributed by atoms with E-state index >= 15 is 0 Å². The molecule has 0 saturated heterocycles. The molecule has 3 heterocycles. The van der Waals surface area contributed by atoms with Crippen molar-refractivity contribution in [3.8, 4) is 0 Å². The summed E-state index contributed by atoms with van der Waals surface area (Å²) in [5.41, 5.74) is 2.38. The van der Waals surface area contributed by atoms with E-state index in [-0.39, 0.29) is 36.9 Å². The van der Waals surface area contributed by atoms with Crippen molar-refractivity contribution >= 4 is 27.9 Å². The van der Waals surface area contributed by atoms with Crippen LogP contribution in [0.3, 0.4) is 0 Å². The maximum absolute atomic E-state index is 13.6. The van der Waals surface area contributed by atoms with Gasteiger partial charge in [0.15, 0.2) is 11.2 Å². The Morgan fingerprint density at radius 1 is 1.07 bits per heavy atom. The van der Waals surface area contributed by atoms with Gasteiger partial charge in [0.2, 0.25) is 6.29 Å². The summed E-state index contributed by atoms with van der Waals surface area (Å²) in [6, 6.07) is 14.7. The molecule has 0 fully saturated rings. The topological polar surface area (TPSA) is 145 Å². The van der Waals surface area contributed by atoms with Crippen molar-refractivity contribution in [1.29, 1.82) is 0 Å². The lowest BCUT2D eigenvalue weighted by Gasteiger charge is -2.36. The molecule has 0 bridgehead atoms. The number of hydrogen-bond donors (Lipinski definition) is 3. The largest absolute Gasteiger partial charge is 0.464 e. The Balaban J connectivity index is 1.39. The van der Waals surface area contributed by atoms with Gasteiger partial charge in [0.1, 0.15) is 11.4 Å². The van der Waals surface area contributed by atoms with Crippen molar-refractivity contribution in [3.05, 3.63) is 88.2 Å². The molecule has 2 aromatic heterocycles. The molecule has 0 saturated carbocycles. The van der Waals surface area contributed by atoms with Gasteiger partial charge in [-0.2, -0.15) is 0 Å². The third kappa shape index (κ3) is 6.88. The Labute approximate surface area is 242 Å². The highest BCUT2D eigenvalue weighted by molar-refractivity contribution is 5.91. The van der Waals surface area contributed by atoms with Gasteiger partial charge in [0.25, 0.3) is 5.91 Å². The molecule has 1 amide bonds. The second kappa shape index (κ2) is 14.2. The fraction of sp³-hybridized carbons (Fsp3) is 0.387. The van der Waals surface area contributed by atoms with Crippen molar-refractivity contribution in [2.24, 2.45) is 5.92 Å². The van der Waals surface area contributed by atoms with E-state index in [0.717, 1.165) is 11.0 Å². The van der Waals surface area contributed by atoms with Crippen LogP contribution in [-0.2, 0) is 30.3 Å². The summed E-state index contributed by atoms with van der Waals surface area (Å²) < 4.78 is 28.9. The predicted molar refractivity (Wildman–Crippen MR) is 155 cm³/mol. The Morgan fingerprint density at radius 2 is 1.86 bits per heavy atom. The minimum atomic E-state index is -0.808. The average Bonchev–Trinajstić information content (AvgIpc) is 3.43.